The quantitative estimate of drug-likeness (QED) is 0.181. The highest BCUT2D eigenvalue weighted by atomic mass is 33.1. The van der Waals surface area contributed by atoms with Gasteiger partial charge in [-0.25, -0.2) is 0 Å². The molecule has 4 aromatic rings. The van der Waals surface area contributed by atoms with Crippen molar-refractivity contribution in [2.45, 2.75) is 9.79 Å². The van der Waals surface area contributed by atoms with Crippen LogP contribution in [0.25, 0.3) is 21.9 Å². The van der Waals surface area contributed by atoms with Gasteiger partial charge in [-0.2, -0.15) is 0 Å². The highest BCUT2D eigenvalue weighted by molar-refractivity contribution is 8.76. The van der Waals surface area contributed by atoms with Crippen molar-refractivity contribution in [3.63, 3.8) is 0 Å². The average Bonchev–Trinajstić information content (AvgIpc) is 3.29. The van der Waals surface area contributed by atoms with Gasteiger partial charge < -0.3 is 8.83 Å². The van der Waals surface area contributed by atoms with E-state index in [-0.39, 0.29) is 43.1 Å². The second kappa shape index (κ2) is 7.82. The van der Waals surface area contributed by atoms with Crippen LogP contribution >= 0.6 is 21.6 Å². The summed E-state index contributed by atoms with van der Waals surface area (Å²) < 4.78 is 10.4. The first-order valence-corrected chi connectivity index (χ1v) is 10.4. The molecule has 0 radical (unpaired) electrons. The Morgan fingerprint density at radius 2 is 0.969 bits per heavy atom. The number of hydrogen-bond donors (Lipinski definition) is 0. The molecule has 0 saturated heterocycles. The first kappa shape index (κ1) is 21.1. The van der Waals surface area contributed by atoms with Gasteiger partial charge in [0.05, 0.1) is 9.85 Å². The summed E-state index contributed by atoms with van der Waals surface area (Å²) in [5.74, 6) is -1.42. The van der Waals surface area contributed by atoms with Gasteiger partial charge in [0.2, 0.25) is 0 Å². The second-order valence-electron chi connectivity index (χ2n) is 6.03. The minimum absolute atomic E-state index is 0.00703. The number of fused-ring (bicyclic) bond motifs is 2. The van der Waals surface area contributed by atoms with Crippen LogP contribution in [0.2, 0.25) is 0 Å². The highest BCUT2D eigenvalue weighted by Crippen LogP contribution is 2.52. The molecule has 0 N–H and O–H groups in total. The molecular formula is C16H6N4O10S2. The first-order valence-electron chi connectivity index (χ1n) is 8.22. The molecule has 162 valence electrons. The predicted molar refractivity (Wildman–Crippen MR) is 111 cm³/mol. The first-order chi connectivity index (χ1) is 15.2. The summed E-state index contributed by atoms with van der Waals surface area (Å²) in [6.07, 6.45) is 0. The van der Waals surface area contributed by atoms with E-state index in [1.54, 1.807) is 0 Å². The average molecular weight is 478 g/mol. The Hall–Kier alpha value is -4.18. The zero-order chi connectivity index (χ0) is 23.2. The van der Waals surface area contributed by atoms with Gasteiger partial charge in [-0.05, 0) is 33.7 Å². The molecular weight excluding hydrogens is 472 g/mol. The molecule has 16 heteroatoms. The van der Waals surface area contributed by atoms with E-state index in [1.165, 1.54) is 12.1 Å². The zero-order valence-corrected chi connectivity index (χ0v) is 16.8. The number of nitro benzene ring substituents is 2. The van der Waals surface area contributed by atoms with Gasteiger partial charge >= 0.3 is 11.8 Å². The van der Waals surface area contributed by atoms with Gasteiger partial charge in [-0.3, -0.25) is 40.5 Å². The van der Waals surface area contributed by atoms with Gasteiger partial charge in [0.25, 0.3) is 11.4 Å². The SMILES string of the molecule is O=[N+]([O-])c1ccc2oc([N+](=O)[O-])c(SSc3c([N+](=O)[O-])oc4ccc([N+](=O)[O-])cc34)c2c1. The third kappa shape index (κ3) is 3.56. The molecule has 0 saturated carbocycles. The van der Waals surface area contributed by atoms with Crippen LogP contribution in [0.4, 0.5) is 23.1 Å². The summed E-state index contributed by atoms with van der Waals surface area (Å²) >= 11 is 0. The molecule has 0 spiro atoms. The Kier molecular flexibility index (Phi) is 5.15. The monoisotopic (exact) mass is 478 g/mol. The third-order valence-electron chi connectivity index (χ3n) is 4.18. The van der Waals surface area contributed by atoms with E-state index in [2.05, 4.69) is 0 Å². The summed E-state index contributed by atoms with van der Waals surface area (Å²) in [4.78, 5) is 41.8. The molecule has 2 heterocycles. The van der Waals surface area contributed by atoms with Crippen molar-refractivity contribution >= 4 is 66.7 Å². The van der Waals surface area contributed by atoms with Crippen molar-refractivity contribution in [3.8, 4) is 0 Å². The largest absolute Gasteiger partial charge is 0.448 e. The lowest BCUT2D eigenvalue weighted by atomic mass is 10.2. The minimum Gasteiger partial charge on any atom is -0.400 e. The number of non-ortho nitro benzene ring substituents is 2. The second-order valence-corrected chi connectivity index (χ2v) is 8.18. The van der Waals surface area contributed by atoms with Crippen LogP contribution < -0.4 is 0 Å². The van der Waals surface area contributed by atoms with E-state index in [0.717, 1.165) is 24.3 Å². The van der Waals surface area contributed by atoms with Crippen molar-refractivity contribution in [1.29, 1.82) is 0 Å². The molecule has 2 aromatic carbocycles. The van der Waals surface area contributed by atoms with Crippen LogP contribution in [0.1, 0.15) is 0 Å². The summed E-state index contributed by atoms with van der Waals surface area (Å²) in [7, 11) is 1.35. The molecule has 0 fully saturated rings. The van der Waals surface area contributed by atoms with Crippen LogP contribution in [0.15, 0.2) is 55.0 Å². The molecule has 0 bridgehead atoms. The van der Waals surface area contributed by atoms with Crippen molar-refractivity contribution in [1.82, 2.24) is 0 Å². The molecule has 14 nitrogen and oxygen atoms in total. The van der Waals surface area contributed by atoms with E-state index in [1.807, 2.05) is 0 Å². The van der Waals surface area contributed by atoms with Gasteiger partial charge in [0.1, 0.15) is 30.8 Å². The molecule has 0 aliphatic heterocycles. The van der Waals surface area contributed by atoms with E-state index in [9.17, 15) is 40.5 Å². The lowest BCUT2D eigenvalue weighted by Crippen LogP contribution is -1.88. The minimum atomic E-state index is -0.832. The molecule has 32 heavy (non-hydrogen) atoms. The third-order valence-corrected chi connectivity index (χ3v) is 6.63. The van der Waals surface area contributed by atoms with E-state index < -0.39 is 31.5 Å². The Balaban J connectivity index is 1.84. The Bertz CT molecular complexity index is 1350. The number of furan rings is 2. The van der Waals surface area contributed by atoms with Gasteiger partial charge in [-0.15, -0.1) is 0 Å². The van der Waals surface area contributed by atoms with Crippen molar-refractivity contribution < 1.29 is 28.5 Å². The van der Waals surface area contributed by atoms with Crippen molar-refractivity contribution in [2.75, 3.05) is 0 Å². The number of nitro groups is 4. The summed E-state index contributed by atoms with van der Waals surface area (Å²) in [5.41, 5.74) is -0.661. The Morgan fingerprint density at radius 1 is 0.594 bits per heavy atom. The van der Waals surface area contributed by atoms with Crippen molar-refractivity contribution in [3.05, 3.63) is 76.9 Å². The highest BCUT2D eigenvalue weighted by Gasteiger charge is 2.31. The molecule has 0 aliphatic carbocycles. The van der Waals surface area contributed by atoms with Crippen LogP contribution in [-0.2, 0) is 0 Å². The van der Waals surface area contributed by atoms with E-state index >= 15 is 0 Å². The molecule has 0 aliphatic rings. The fourth-order valence-corrected chi connectivity index (χ4v) is 5.32. The van der Waals surface area contributed by atoms with E-state index in [0.29, 0.717) is 21.6 Å². The fraction of sp³-hybridized carbons (Fsp3) is 0. The normalized spacial score (nSPS) is 11.1. The smallest absolute Gasteiger partial charge is 0.400 e. The maximum absolute atomic E-state index is 11.4. The number of nitrogens with zero attached hydrogens (tertiary/aromatic N) is 4. The maximum atomic E-state index is 11.4. The molecule has 4 rings (SSSR count). The van der Waals surface area contributed by atoms with Crippen LogP contribution in [0.3, 0.4) is 0 Å². The Labute approximate surface area is 182 Å². The number of rotatable bonds is 7. The zero-order valence-electron chi connectivity index (χ0n) is 15.2. The summed E-state index contributed by atoms with van der Waals surface area (Å²) in [6, 6.07) is 6.81. The molecule has 2 aromatic heterocycles. The molecule has 0 atom stereocenters. The lowest BCUT2D eigenvalue weighted by Gasteiger charge is -1.98. The van der Waals surface area contributed by atoms with Crippen molar-refractivity contribution in [2.24, 2.45) is 0 Å². The standard InChI is InChI=1S/C16H6N4O10S2/c21-17(22)7-1-3-11-9(5-7)13(15(29-11)19(25)26)31-32-14-10-6-8(18(23)24)2-4-12(10)30-16(14)20(27)28/h1-6H. The summed E-state index contributed by atoms with van der Waals surface area (Å²) in [5, 5.41) is 45.1. The molecule has 0 unspecified atom stereocenters. The lowest BCUT2D eigenvalue weighted by molar-refractivity contribution is -0.404. The number of benzene rings is 2. The van der Waals surface area contributed by atoms with Crippen LogP contribution in [0.5, 0.6) is 0 Å². The van der Waals surface area contributed by atoms with Gasteiger partial charge in [-0.1, -0.05) is 0 Å². The fourth-order valence-electron chi connectivity index (χ4n) is 2.81. The van der Waals surface area contributed by atoms with Gasteiger partial charge in [0, 0.05) is 35.0 Å². The number of hydrogen-bond acceptors (Lipinski definition) is 12. The maximum Gasteiger partial charge on any atom is 0.448 e. The van der Waals surface area contributed by atoms with E-state index in [4.69, 9.17) is 8.83 Å². The topological polar surface area (TPSA) is 199 Å². The molecule has 0 amide bonds. The summed E-state index contributed by atoms with van der Waals surface area (Å²) in [6.45, 7) is 0. The predicted octanol–water partition coefficient (Wildman–Crippen LogP) is 5.61. The van der Waals surface area contributed by atoms with Crippen LogP contribution in [0, 0.1) is 40.5 Å². The van der Waals surface area contributed by atoms with Crippen LogP contribution in [-0.4, -0.2) is 19.7 Å². The van der Waals surface area contributed by atoms with Gasteiger partial charge in [0.15, 0.2) is 0 Å². The Morgan fingerprint density at radius 3 is 1.28 bits per heavy atom.